The SMILES string of the molecule is CC(C(=O)NC1C(=O)N2C(C(=O)O)=C(COC(N)=O)CS[C@H]12)S(=O)c1ccc(O)cc1. The minimum Gasteiger partial charge on any atom is -0.508 e. The average molecular weight is 469 g/mol. The van der Waals surface area contributed by atoms with Crippen molar-refractivity contribution in [2.75, 3.05) is 12.4 Å². The number of phenols is 1. The molecule has 0 radical (unpaired) electrons. The quantitative estimate of drug-likeness (QED) is 0.391. The number of β-lactam (4-membered cyclic amide) rings is 1. The third kappa shape index (κ3) is 4.51. The minimum absolute atomic E-state index is 0.00442. The molecule has 0 aromatic heterocycles. The van der Waals surface area contributed by atoms with Crippen LogP contribution in [0.5, 0.6) is 5.75 Å². The maximum Gasteiger partial charge on any atom is 0.404 e. The van der Waals surface area contributed by atoms with Crippen LogP contribution >= 0.6 is 11.8 Å². The van der Waals surface area contributed by atoms with E-state index in [1.807, 2.05) is 0 Å². The Bertz CT molecular complexity index is 994. The van der Waals surface area contributed by atoms with Crippen LogP contribution in [0.15, 0.2) is 40.4 Å². The van der Waals surface area contributed by atoms with Crippen LogP contribution in [0.4, 0.5) is 4.79 Å². The number of aliphatic carboxylic acids is 1. The number of nitrogens with two attached hydrogens (primary N) is 1. The molecule has 3 rings (SSSR count). The van der Waals surface area contributed by atoms with E-state index >= 15 is 0 Å². The van der Waals surface area contributed by atoms with Crippen molar-refractivity contribution >= 4 is 46.4 Å². The van der Waals surface area contributed by atoms with Gasteiger partial charge in [0.1, 0.15) is 34.7 Å². The Balaban J connectivity index is 1.70. The molecule has 3 unspecified atom stereocenters. The van der Waals surface area contributed by atoms with E-state index in [0.29, 0.717) is 4.90 Å². The van der Waals surface area contributed by atoms with E-state index in [-0.39, 0.29) is 29.4 Å². The lowest BCUT2D eigenvalue weighted by Crippen LogP contribution is -2.71. The van der Waals surface area contributed by atoms with E-state index in [1.54, 1.807) is 0 Å². The highest BCUT2D eigenvalue weighted by molar-refractivity contribution is 8.00. The Labute approximate surface area is 183 Å². The summed E-state index contributed by atoms with van der Waals surface area (Å²) >= 11 is 1.20. The predicted octanol–water partition coefficient (Wildman–Crippen LogP) is -0.278. The van der Waals surface area contributed by atoms with E-state index in [2.05, 4.69) is 10.1 Å². The standard InChI is InChI=1S/C18H19N3O8S2/c1-8(31(28)11-4-2-10(22)3-5-11)14(23)20-12-15(24)21-13(17(25)26)9(6-29-18(19)27)7-30-16(12)21/h2-5,8,12,16,22H,6-7H2,1H3,(H2,19,27)(H,20,23)(H,25,26)/t8?,12?,16-,31?/m1/s1. The van der Waals surface area contributed by atoms with Crippen LogP contribution in [0.2, 0.25) is 0 Å². The van der Waals surface area contributed by atoms with Crippen molar-refractivity contribution in [3.05, 3.63) is 35.5 Å². The number of nitrogens with one attached hydrogen (secondary N) is 1. The van der Waals surface area contributed by atoms with Gasteiger partial charge in [0.25, 0.3) is 5.91 Å². The number of nitrogens with zero attached hydrogens (tertiary/aromatic N) is 1. The number of carbonyl (C=O) groups is 4. The van der Waals surface area contributed by atoms with E-state index in [0.717, 1.165) is 4.90 Å². The van der Waals surface area contributed by atoms with Crippen molar-refractivity contribution < 1.29 is 38.3 Å². The zero-order valence-corrected chi connectivity index (χ0v) is 17.8. The number of ether oxygens (including phenoxy) is 1. The normalized spacial score (nSPS) is 22.1. The zero-order chi connectivity index (χ0) is 22.9. The maximum absolute atomic E-state index is 12.6. The molecule has 1 fully saturated rings. The Hall–Kier alpha value is -3.06. The lowest BCUT2D eigenvalue weighted by Gasteiger charge is -2.49. The van der Waals surface area contributed by atoms with Crippen LogP contribution in [0.25, 0.3) is 0 Å². The minimum atomic E-state index is -1.73. The number of hydrogen-bond donors (Lipinski definition) is 4. The van der Waals surface area contributed by atoms with Crippen LogP contribution < -0.4 is 11.1 Å². The summed E-state index contributed by atoms with van der Waals surface area (Å²) in [6.45, 7) is 1.08. The molecule has 2 heterocycles. The summed E-state index contributed by atoms with van der Waals surface area (Å²) < 4.78 is 17.2. The fourth-order valence-corrected chi connectivity index (χ4v) is 5.51. The van der Waals surface area contributed by atoms with Gasteiger partial charge in [0.15, 0.2) is 0 Å². The third-order valence-electron chi connectivity index (χ3n) is 4.70. The highest BCUT2D eigenvalue weighted by Gasteiger charge is 2.54. The third-order valence-corrected chi connectivity index (χ3v) is 7.63. The molecule has 0 aliphatic carbocycles. The summed E-state index contributed by atoms with van der Waals surface area (Å²) in [7, 11) is -1.73. The van der Waals surface area contributed by atoms with Crippen molar-refractivity contribution in [1.29, 1.82) is 0 Å². The van der Waals surface area contributed by atoms with Crippen molar-refractivity contribution in [2.45, 2.75) is 28.5 Å². The first-order chi connectivity index (χ1) is 14.6. The second kappa shape index (κ2) is 8.98. The first-order valence-electron chi connectivity index (χ1n) is 8.94. The molecular weight excluding hydrogens is 450 g/mol. The smallest absolute Gasteiger partial charge is 0.404 e. The van der Waals surface area contributed by atoms with Gasteiger partial charge >= 0.3 is 12.1 Å². The highest BCUT2D eigenvalue weighted by atomic mass is 32.2. The molecule has 4 atom stereocenters. The van der Waals surface area contributed by atoms with Gasteiger partial charge in [0.05, 0.1) is 10.8 Å². The van der Waals surface area contributed by atoms with Crippen molar-refractivity contribution in [2.24, 2.45) is 5.73 Å². The molecule has 3 amide bonds. The van der Waals surface area contributed by atoms with Crippen LogP contribution in [0.1, 0.15) is 6.92 Å². The predicted molar refractivity (Wildman–Crippen MR) is 109 cm³/mol. The van der Waals surface area contributed by atoms with Gasteiger partial charge in [-0.3, -0.25) is 18.7 Å². The fourth-order valence-electron chi connectivity index (χ4n) is 3.10. The molecule has 1 saturated heterocycles. The summed E-state index contributed by atoms with van der Waals surface area (Å²) in [6.07, 6.45) is -1.07. The fraction of sp³-hybridized carbons (Fsp3) is 0.333. The summed E-state index contributed by atoms with van der Waals surface area (Å²) in [5.41, 5.74) is 4.82. The molecular formula is C18H19N3O8S2. The number of rotatable bonds is 7. The topological polar surface area (TPSA) is 176 Å². The van der Waals surface area contributed by atoms with Crippen molar-refractivity contribution in [1.82, 2.24) is 10.2 Å². The van der Waals surface area contributed by atoms with Gasteiger partial charge in [0, 0.05) is 16.2 Å². The first kappa shape index (κ1) is 22.6. The number of carboxylic acid groups (broad SMARTS) is 1. The lowest BCUT2D eigenvalue weighted by atomic mass is 10.0. The van der Waals surface area contributed by atoms with Crippen molar-refractivity contribution in [3.8, 4) is 5.75 Å². The lowest BCUT2D eigenvalue weighted by molar-refractivity contribution is -0.150. The molecule has 0 bridgehead atoms. The van der Waals surface area contributed by atoms with Gasteiger partial charge < -0.3 is 26.0 Å². The van der Waals surface area contributed by atoms with Crippen molar-refractivity contribution in [3.63, 3.8) is 0 Å². The molecule has 0 saturated carbocycles. The molecule has 13 heteroatoms. The molecule has 0 spiro atoms. The number of amides is 3. The average Bonchev–Trinajstić information content (AvgIpc) is 2.74. The summed E-state index contributed by atoms with van der Waals surface area (Å²) in [4.78, 5) is 49.0. The number of carboxylic acids is 1. The number of fused-ring (bicyclic) bond motifs is 1. The maximum atomic E-state index is 12.6. The number of primary amides is 1. The first-order valence-corrected chi connectivity index (χ1v) is 11.2. The largest absolute Gasteiger partial charge is 0.508 e. The number of benzene rings is 1. The van der Waals surface area contributed by atoms with E-state index in [4.69, 9.17) is 5.73 Å². The van der Waals surface area contributed by atoms with Gasteiger partial charge in [-0.05, 0) is 31.2 Å². The zero-order valence-electron chi connectivity index (χ0n) is 16.1. The van der Waals surface area contributed by atoms with Gasteiger partial charge in [0.2, 0.25) is 5.91 Å². The Morgan fingerprint density at radius 3 is 2.58 bits per heavy atom. The van der Waals surface area contributed by atoms with E-state index in [1.165, 1.54) is 43.0 Å². The molecule has 1 aromatic rings. The monoisotopic (exact) mass is 469 g/mol. The second-order valence-electron chi connectivity index (χ2n) is 6.69. The highest BCUT2D eigenvalue weighted by Crippen LogP contribution is 2.40. The number of aromatic hydroxyl groups is 1. The summed E-state index contributed by atoms with van der Waals surface area (Å²) in [5.74, 6) is -2.48. The number of carbonyl (C=O) groups excluding carboxylic acids is 3. The molecule has 2 aliphatic heterocycles. The van der Waals surface area contributed by atoms with Gasteiger partial charge in [-0.15, -0.1) is 11.8 Å². The Morgan fingerprint density at radius 2 is 2.00 bits per heavy atom. The molecule has 166 valence electrons. The van der Waals surface area contributed by atoms with Crippen LogP contribution in [0, 0.1) is 0 Å². The summed E-state index contributed by atoms with van der Waals surface area (Å²) in [5, 5.41) is 19.7. The number of phenolic OH excluding ortho intramolecular Hbond substituents is 1. The Morgan fingerprint density at radius 1 is 1.35 bits per heavy atom. The van der Waals surface area contributed by atoms with Gasteiger partial charge in [-0.1, -0.05) is 0 Å². The summed E-state index contributed by atoms with van der Waals surface area (Å²) in [6, 6.07) is 4.58. The molecule has 31 heavy (non-hydrogen) atoms. The van der Waals surface area contributed by atoms with Crippen LogP contribution in [0.3, 0.4) is 0 Å². The molecule has 2 aliphatic rings. The molecule has 5 N–H and O–H groups in total. The molecule has 1 aromatic carbocycles. The van der Waals surface area contributed by atoms with Crippen LogP contribution in [-0.4, -0.2) is 72.2 Å². The molecule has 11 nitrogen and oxygen atoms in total. The Kier molecular flexibility index (Phi) is 6.55. The van der Waals surface area contributed by atoms with Crippen LogP contribution in [-0.2, 0) is 29.9 Å². The number of thioether (sulfide) groups is 1. The van der Waals surface area contributed by atoms with Gasteiger partial charge in [-0.25, -0.2) is 9.59 Å². The van der Waals surface area contributed by atoms with Gasteiger partial charge in [-0.2, -0.15) is 0 Å². The number of hydrogen-bond acceptors (Lipinski definition) is 8. The second-order valence-corrected chi connectivity index (χ2v) is 9.57. The van der Waals surface area contributed by atoms with E-state index in [9.17, 15) is 33.6 Å². The van der Waals surface area contributed by atoms with E-state index < -0.39 is 51.3 Å².